The van der Waals surface area contributed by atoms with E-state index in [0.717, 1.165) is 0 Å². The number of carboxylic acid groups (broad SMARTS) is 1. The van der Waals surface area contributed by atoms with E-state index in [1.165, 1.54) is 18.4 Å². The van der Waals surface area contributed by atoms with Crippen LogP contribution < -0.4 is 5.32 Å². The first-order valence-corrected chi connectivity index (χ1v) is 7.11. The molecule has 0 saturated heterocycles. The molecule has 2 N–H and O–H groups in total. The van der Waals surface area contributed by atoms with E-state index >= 15 is 0 Å². The summed E-state index contributed by atoms with van der Waals surface area (Å²) in [4.78, 5) is 27.1. The summed E-state index contributed by atoms with van der Waals surface area (Å²) in [5.41, 5.74) is -0.598. The fraction of sp³-hybridized carbons (Fsp3) is 0.615. The monoisotopic (exact) mass is 300 g/mol. The maximum absolute atomic E-state index is 11.7. The van der Waals surface area contributed by atoms with Gasteiger partial charge in [-0.15, -0.1) is 11.3 Å². The predicted octanol–water partition coefficient (Wildman–Crippen LogP) is 2.11. The van der Waals surface area contributed by atoms with Crippen LogP contribution in [0, 0.1) is 5.92 Å². The lowest BCUT2D eigenvalue weighted by Gasteiger charge is -2.19. The van der Waals surface area contributed by atoms with Gasteiger partial charge in [-0.05, 0) is 19.8 Å². The van der Waals surface area contributed by atoms with E-state index in [1.807, 2.05) is 13.8 Å². The zero-order valence-corrected chi connectivity index (χ0v) is 13.1. The van der Waals surface area contributed by atoms with Crippen molar-refractivity contribution in [2.24, 2.45) is 5.92 Å². The van der Waals surface area contributed by atoms with Gasteiger partial charge in [0.1, 0.15) is 11.5 Å². The van der Waals surface area contributed by atoms with Crippen LogP contribution in [0.5, 0.6) is 0 Å². The zero-order chi connectivity index (χ0) is 15.5. The van der Waals surface area contributed by atoms with Crippen molar-refractivity contribution in [2.75, 3.05) is 12.4 Å². The van der Waals surface area contributed by atoms with Gasteiger partial charge in [0.2, 0.25) is 0 Å². The number of rotatable bonds is 6. The number of ether oxygens (including phenoxy) is 1. The average Bonchev–Trinajstić information content (AvgIpc) is 2.83. The van der Waals surface area contributed by atoms with Gasteiger partial charge in [0.15, 0.2) is 5.13 Å². The lowest BCUT2D eigenvalue weighted by Crippen LogP contribution is -2.35. The summed E-state index contributed by atoms with van der Waals surface area (Å²) in [6.07, 6.45) is 0. The lowest BCUT2D eigenvalue weighted by atomic mass is 9.90. The first kappa shape index (κ1) is 16.4. The van der Waals surface area contributed by atoms with Gasteiger partial charge in [0.05, 0.1) is 12.8 Å². The van der Waals surface area contributed by atoms with Crippen molar-refractivity contribution >= 4 is 28.4 Å². The van der Waals surface area contributed by atoms with Crippen molar-refractivity contribution in [3.8, 4) is 0 Å². The Hall–Kier alpha value is -1.63. The third kappa shape index (κ3) is 3.47. The van der Waals surface area contributed by atoms with Crippen LogP contribution in [0.1, 0.15) is 33.4 Å². The number of hydrogen-bond donors (Lipinski definition) is 2. The number of aromatic nitrogens is 1. The Bertz CT molecular complexity index is 496. The molecule has 0 amide bonds. The smallest absolute Gasteiger partial charge is 0.328 e. The highest BCUT2D eigenvalue weighted by Crippen LogP contribution is 2.28. The Morgan fingerprint density at radius 3 is 2.50 bits per heavy atom. The molecular formula is C13H20N2O4S. The van der Waals surface area contributed by atoms with E-state index in [1.54, 1.807) is 19.2 Å². The normalized spacial score (nSPS) is 13.1. The highest BCUT2D eigenvalue weighted by molar-refractivity contribution is 7.13. The van der Waals surface area contributed by atoms with Crippen molar-refractivity contribution in [3.05, 3.63) is 11.1 Å². The molecule has 1 atom stereocenters. The van der Waals surface area contributed by atoms with Crippen molar-refractivity contribution < 1.29 is 19.4 Å². The fourth-order valence-corrected chi connectivity index (χ4v) is 2.41. The predicted molar refractivity (Wildman–Crippen MR) is 77.0 cm³/mol. The van der Waals surface area contributed by atoms with Crippen LogP contribution in [0.4, 0.5) is 5.13 Å². The van der Waals surface area contributed by atoms with Gasteiger partial charge >= 0.3 is 11.9 Å². The third-order valence-electron chi connectivity index (χ3n) is 3.08. The maximum Gasteiger partial charge on any atom is 0.328 e. The van der Waals surface area contributed by atoms with Crippen LogP contribution in [-0.2, 0) is 19.7 Å². The van der Waals surface area contributed by atoms with E-state index in [2.05, 4.69) is 10.3 Å². The average molecular weight is 300 g/mol. The maximum atomic E-state index is 11.7. The fourth-order valence-electron chi connectivity index (χ4n) is 1.49. The van der Waals surface area contributed by atoms with Crippen LogP contribution in [-0.4, -0.2) is 35.2 Å². The molecule has 1 aromatic rings. The quantitative estimate of drug-likeness (QED) is 0.782. The van der Waals surface area contributed by atoms with Gasteiger partial charge in [-0.2, -0.15) is 0 Å². The highest BCUT2D eigenvalue weighted by Gasteiger charge is 2.33. The van der Waals surface area contributed by atoms with Gasteiger partial charge in [-0.3, -0.25) is 4.79 Å². The summed E-state index contributed by atoms with van der Waals surface area (Å²) in [6.45, 7) is 6.97. The minimum absolute atomic E-state index is 0.0299. The molecule has 0 radical (unpaired) electrons. The Labute approximate surface area is 122 Å². The second-order valence-electron chi connectivity index (χ2n) is 5.36. The van der Waals surface area contributed by atoms with E-state index < -0.39 is 17.4 Å². The molecular weight excluding hydrogens is 280 g/mol. The molecule has 1 heterocycles. The second kappa shape index (κ2) is 6.21. The molecule has 1 aromatic heterocycles. The van der Waals surface area contributed by atoms with E-state index in [4.69, 9.17) is 4.74 Å². The summed E-state index contributed by atoms with van der Waals surface area (Å²) in [6, 6.07) is -0.507. The van der Waals surface area contributed by atoms with Crippen LogP contribution >= 0.6 is 11.3 Å². The topological polar surface area (TPSA) is 88.5 Å². The molecule has 0 aliphatic carbocycles. The lowest BCUT2D eigenvalue weighted by molar-refractivity contribution is -0.143. The molecule has 0 spiro atoms. The molecule has 20 heavy (non-hydrogen) atoms. The van der Waals surface area contributed by atoms with Crippen molar-refractivity contribution in [1.82, 2.24) is 4.98 Å². The number of carbonyl (C=O) groups excluding carboxylic acids is 1. The van der Waals surface area contributed by atoms with Gasteiger partial charge in [-0.25, -0.2) is 9.78 Å². The van der Waals surface area contributed by atoms with Crippen molar-refractivity contribution in [3.63, 3.8) is 0 Å². The first-order chi connectivity index (χ1) is 9.20. The summed E-state index contributed by atoms with van der Waals surface area (Å²) in [5, 5.41) is 14.4. The minimum Gasteiger partial charge on any atom is -0.481 e. The number of anilines is 1. The summed E-state index contributed by atoms with van der Waals surface area (Å²) < 4.78 is 4.74. The molecule has 0 aromatic carbocycles. The largest absolute Gasteiger partial charge is 0.481 e. The molecule has 7 heteroatoms. The molecule has 1 rings (SSSR count). The number of thiazole rings is 1. The Balaban J connectivity index is 2.92. The number of nitrogens with zero attached hydrogens (tertiary/aromatic N) is 1. The molecule has 112 valence electrons. The molecule has 0 saturated carbocycles. The van der Waals surface area contributed by atoms with Crippen LogP contribution in [0.2, 0.25) is 0 Å². The highest BCUT2D eigenvalue weighted by atomic mass is 32.1. The van der Waals surface area contributed by atoms with Crippen LogP contribution in [0.15, 0.2) is 5.38 Å². The molecule has 0 aliphatic rings. The molecule has 0 bridgehead atoms. The Morgan fingerprint density at radius 2 is 2.05 bits per heavy atom. The van der Waals surface area contributed by atoms with Gasteiger partial charge < -0.3 is 15.2 Å². The van der Waals surface area contributed by atoms with Crippen LogP contribution in [0.25, 0.3) is 0 Å². The second-order valence-corrected chi connectivity index (χ2v) is 6.22. The minimum atomic E-state index is -1.06. The van der Waals surface area contributed by atoms with Crippen molar-refractivity contribution in [1.29, 1.82) is 0 Å². The summed E-state index contributed by atoms with van der Waals surface area (Å²) in [5.74, 6) is -1.28. The number of nitrogens with one attached hydrogen (secondary N) is 1. The number of esters is 1. The zero-order valence-electron chi connectivity index (χ0n) is 12.3. The standard InChI is InChI=1S/C13H20N2O4S/c1-7(2)9(10(16)19-5)15-12-14-8(6-20-12)13(3,4)11(17)18/h6-7,9H,1-5H3,(H,14,15)(H,17,18). The number of hydrogen-bond acceptors (Lipinski definition) is 6. The SMILES string of the molecule is COC(=O)C(Nc1nc(C(C)(C)C(=O)O)cs1)C(C)C. The van der Waals surface area contributed by atoms with E-state index in [-0.39, 0.29) is 11.9 Å². The van der Waals surface area contributed by atoms with E-state index in [9.17, 15) is 14.7 Å². The number of carboxylic acids is 1. The number of methoxy groups -OCH3 is 1. The summed E-state index contributed by atoms with van der Waals surface area (Å²) >= 11 is 1.27. The third-order valence-corrected chi connectivity index (χ3v) is 3.85. The molecule has 6 nitrogen and oxygen atoms in total. The number of aliphatic carboxylic acids is 1. The summed E-state index contributed by atoms with van der Waals surface area (Å²) in [7, 11) is 1.33. The number of carbonyl (C=O) groups is 2. The Kier molecular flexibility index (Phi) is 5.10. The van der Waals surface area contributed by atoms with Crippen molar-refractivity contribution in [2.45, 2.75) is 39.2 Å². The molecule has 0 aliphatic heterocycles. The van der Waals surface area contributed by atoms with E-state index in [0.29, 0.717) is 10.8 Å². The van der Waals surface area contributed by atoms with Crippen LogP contribution in [0.3, 0.4) is 0 Å². The van der Waals surface area contributed by atoms with Gasteiger partial charge in [-0.1, -0.05) is 13.8 Å². The molecule has 1 unspecified atom stereocenters. The Morgan fingerprint density at radius 1 is 1.45 bits per heavy atom. The molecule has 0 fully saturated rings. The van der Waals surface area contributed by atoms with Gasteiger partial charge in [0, 0.05) is 5.38 Å². The van der Waals surface area contributed by atoms with Gasteiger partial charge in [0.25, 0.3) is 0 Å². The first-order valence-electron chi connectivity index (χ1n) is 6.24.